The van der Waals surface area contributed by atoms with Crippen molar-refractivity contribution in [2.75, 3.05) is 12.4 Å². The molecule has 0 radical (unpaired) electrons. The van der Waals surface area contributed by atoms with Gasteiger partial charge in [0, 0.05) is 22.7 Å². The number of aromatic nitrogens is 4. The Balaban J connectivity index is 1.34. The molecule has 0 bridgehead atoms. The Morgan fingerprint density at radius 1 is 1.12 bits per heavy atom. The van der Waals surface area contributed by atoms with Crippen molar-refractivity contribution < 1.29 is 4.74 Å². The van der Waals surface area contributed by atoms with Crippen LogP contribution in [0.15, 0.2) is 69.1 Å². The molecule has 2 N–H and O–H groups in total. The maximum atomic E-state index is 12.9. The Bertz CT molecular complexity index is 1460. The summed E-state index contributed by atoms with van der Waals surface area (Å²) in [6, 6.07) is 17.5. The molecule has 5 aromatic rings. The number of H-pyrrole nitrogens is 1. The zero-order valence-electron chi connectivity index (χ0n) is 17.7. The van der Waals surface area contributed by atoms with Gasteiger partial charge in [-0.1, -0.05) is 59.5 Å². The van der Waals surface area contributed by atoms with Crippen molar-refractivity contribution in [1.29, 1.82) is 0 Å². The molecule has 1 unspecified atom stereocenters. The molecule has 0 fully saturated rings. The molecule has 3 heterocycles. The number of aromatic amines is 1. The average Bonchev–Trinajstić information content (AvgIpc) is 3.47. The lowest BCUT2D eigenvalue weighted by molar-refractivity contribution is 0.415. The first-order valence-electron chi connectivity index (χ1n) is 10.1. The average molecular weight is 494 g/mol. The normalized spacial score (nSPS) is 12.1. The standard InChI is InChI=1S/C23H19N5O2S3/c1-13(32-23-28-27-22(33-23)24-15-9-6-10-16(11-15)30-2)19-25-20(29)18-17(12-31-21(18)26-19)14-7-4-3-5-8-14/h3-13H,1-2H3,(H,24,27)(H,25,26,29). The first kappa shape index (κ1) is 21.6. The third-order valence-corrected chi connectivity index (χ3v) is 7.84. The molecule has 0 spiro atoms. The zero-order valence-corrected chi connectivity index (χ0v) is 20.2. The van der Waals surface area contributed by atoms with Crippen LogP contribution >= 0.6 is 34.4 Å². The zero-order chi connectivity index (χ0) is 22.8. The predicted molar refractivity (Wildman–Crippen MR) is 136 cm³/mol. The summed E-state index contributed by atoms with van der Waals surface area (Å²) in [7, 11) is 1.63. The lowest BCUT2D eigenvalue weighted by Gasteiger charge is -2.08. The summed E-state index contributed by atoms with van der Waals surface area (Å²) in [6.45, 7) is 2.00. The summed E-state index contributed by atoms with van der Waals surface area (Å²) in [6.07, 6.45) is 0. The molecule has 3 aromatic heterocycles. The SMILES string of the molecule is COc1cccc(Nc2nnc(SC(C)c3nc4scc(-c5ccccc5)c4c(=O)[nH]3)s2)c1. The molecule has 0 saturated carbocycles. The Labute approximate surface area is 201 Å². The molecule has 1 atom stereocenters. The number of benzene rings is 2. The first-order chi connectivity index (χ1) is 16.1. The van der Waals surface area contributed by atoms with Gasteiger partial charge in [0.15, 0.2) is 4.34 Å². The summed E-state index contributed by atoms with van der Waals surface area (Å²) in [5, 5.41) is 14.9. The monoisotopic (exact) mass is 493 g/mol. The van der Waals surface area contributed by atoms with E-state index in [0.717, 1.165) is 31.7 Å². The van der Waals surface area contributed by atoms with Gasteiger partial charge in [-0.25, -0.2) is 4.98 Å². The van der Waals surface area contributed by atoms with E-state index in [9.17, 15) is 4.79 Å². The fourth-order valence-electron chi connectivity index (χ4n) is 3.33. The van der Waals surface area contributed by atoms with Crippen LogP contribution in [0, 0.1) is 0 Å². The van der Waals surface area contributed by atoms with Gasteiger partial charge in [-0.15, -0.1) is 21.5 Å². The number of rotatable bonds is 7. The van der Waals surface area contributed by atoms with Gasteiger partial charge in [0.1, 0.15) is 16.4 Å². The van der Waals surface area contributed by atoms with Crippen molar-refractivity contribution in [3.63, 3.8) is 0 Å². The van der Waals surface area contributed by atoms with Gasteiger partial charge in [-0.2, -0.15) is 0 Å². The Hall–Kier alpha value is -3.21. The Morgan fingerprint density at radius 3 is 2.79 bits per heavy atom. The van der Waals surface area contributed by atoms with E-state index in [0.29, 0.717) is 16.3 Å². The van der Waals surface area contributed by atoms with Gasteiger partial charge in [0.05, 0.1) is 17.7 Å². The van der Waals surface area contributed by atoms with Crippen LogP contribution < -0.4 is 15.6 Å². The second kappa shape index (κ2) is 9.34. The molecule has 5 rings (SSSR count). The molecular weight excluding hydrogens is 474 g/mol. The minimum Gasteiger partial charge on any atom is -0.497 e. The van der Waals surface area contributed by atoms with Crippen LogP contribution in [-0.4, -0.2) is 27.3 Å². The highest BCUT2D eigenvalue weighted by Crippen LogP contribution is 2.38. The van der Waals surface area contributed by atoms with E-state index in [4.69, 9.17) is 9.72 Å². The van der Waals surface area contributed by atoms with E-state index >= 15 is 0 Å². The molecular formula is C23H19N5O2S3. The van der Waals surface area contributed by atoms with E-state index in [1.165, 1.54) is 34.4 Å². The van der Waals surface area contributed by atoms with Crippen LogP contribution in [0.4, 0.5) is 10.8 Å². The summed E-state index contributed by atoms with van der Waals surface area (Å²) in [5.41, 5.74) is 2.67. The topological polar surface area (TPSA) is 92.8 Å². The van der Waals surface area contributed by atoms with Gasteiger partial charge in [0.25, 0.3) is 5.56 Å². The van der Waals surface area contributed by atoms with Gasteiger partial charge >= 0.3 is 0 Å². The Morgan fingerprint density at radius 2 is 1.97 bits per heavy atom. The molecule has 0 amide bonds. The number of ether oxygens (including phenoxy) is 1. The quantitative estimate of drug-likeness (QED) is 0.264. The summed E-state index contributed by atoms with van der Waals surface area (Å²) in [4.78, 5) is 21.4. The number of fused-ring (bicyclic) bond motifs is 1. The maximum absolute atomic E-state index is 12.9. The van der Waals surface area contributed by atoms with Crippen LogP contribution in [0.25, 0.3) is 21.3 Å². The first-order valence-corrected chi connectivity index (χ1v) is 12.7. The largest absolute Gasteiger partial charge is 0.497 e. The molecule has 0 aliphatic carbocycles. The van der Waals surface area contributed by atoms with E-state index in [1.54, 1.807) is 7.11 Å². The molecule has 0 aliphatic rings. The Kier molecular flexibility index (Phi) is 6.12. The molecule has 10 heteroatoms. The van der Waals surface area contributed by atoms with Crippen molar-refractivity contribution in [3.8, 4) is 16.9 Å². The molecule has 2 aromatic carbocycles. The van der Waals surface area contributed by atoms with Crippen LogP contribution in [0.1, 0.15) is 18.0 Å². The van der Waals surface area contributed by atoms with Crippen LogP contribution in [0.3, 0.4) is 0 Å². The highest BCUT2D eigenvalue weighted by molar-refractivity contribution is 8.01. The van der Waals surface area contributed by atoms with E-state index in [2.05, 4.69) is 20.5 Å². The number of anilines is 2. The number of thiophene rings is 1. The predicted octanol–water partition coefficient (Wildman–Crippen LogP) is 6.11. The molecule has 0 aliphatic heterocycles. The minimum atomic E-state index is -0.125. The van der Waals surface area contributed by atoms with Crippen molar-refractivity contribution in [2.24, 2.45) is 0 Å². The minimum absolute atomic E-state index is 0.0954. The molecule has 0 saturated heterocycles. The van der Waals surface area contributed by atoms with Crippen molar-refractivity contribution in [3.05, 3.63) is 76.2 Å². The summed E-state index contributed by atoms with van der Waals surface area (Å²) < 4.78 is 6.04. The van der Waals surface area contributed by atoms with Crippen molar-refractivity contribution in [2.45, 2.75) is 16.5 Å². The van der Waals surface area contributed by atoms with Gasteiger partial charge < -0.3 is 15.0 Å². The molecule has 7 nitrogen and oxygen atoms in total. The third-order valence-electron chi connectivity index (χ3n) is 4.94. The van der Waals surface area contributed by atoms with Crippen LogP contribution in [0.2, 0.25) is 0 Å². The second-order valence-corrected chi connectivity index (χ2v) is 10.6. The number of hydrogen-bond donors (Lipinski definition) is 2. The number of methoxy groups -OCH3 is 1. The van der Waals surface area contributed by atoms with Gasteiger partial charge in [0.2, 0.25) is 5.13 Å². The van der Waals surface area contributed by atoms with Crippen LogP contribution in [0.5, 0.6) is 5.75 Å². The van der Waals surface area contributed by atoms with Gasteiger partial charge in [-0.05, 0) is 24.6 Å². The number of thioether (sulfide) groups is 1. The lowest BCUT2D eigenvalue weighted by Crippen LogP contribution is -2.12. The van der Waals surface area contributed by atoms with Crippen LogP contribution in [-0.2, 0) is 0 Å². The van der Waals surface area contributed by atoms with E-state index < -0.39 is 0 Å². The summed E-state index contributed by atoms with van der Waals surface area (Å²) >= 11 is 4.44. The fourth-order valence-corrected chi connectivity index (χ4v) is 6.26. The number of nitrogens with one attached hydrogen (secondary N) is 2. The third kappa shape index (κ3) is 4.63. The number of hydrogen-bond acceptors (Lipinski definition) is 9. The fraction of sp³-hybridized carbons (Fsp3) is 0.130. The van der Waals surface area contributed by atoms with Crippen molar-refractivity contribution >= 4 is 55.5 Å². The van der Waals surface area contributed by atoms with Gasteiger partial charge in [-0.3, -0.25) is 4.79 Å². The molecule has 166 valence electrons. The lowest BCUT2D eigenvalue weighted by atomic mass is 10.1. The smallest absolute Gasteiger partial charge is 0.260 e. The van der Waals surface area contributed by atoms with E-state index in [-0.39, 0.29) is 10.8 Å². The number of nitrogens with zero attached hydrogens (tertiary/aromatic N) is 3. The molecule has 33 heavy (non-hydrogen) atoms. The van der Waals surface area contributed by atoms with E-state index in [1.807, 2.05) is 66.9 Å². The summed E-state index contributed by atoms with van der Waals surface area (Å²) in [5.74, 6) is 1.39. The van der Waals surface area contributed by atoms with Crippen molar-refractivity contribution in [1.82, 2.24) is 20.2 Å². The highest BCUT2D eigenvalue weighted by Gasteiger charge is 2.18. The highest BCUT2D eigenvalue weighted by atomic mass is 32.2. The maximum Gasteiger partial charge on any atom is 0.260 e. The second-order valence-electron chi connectivity index (χ2n) is 7.14.